The molecule has 5 heteroatoms. The number of carbonyl (C=O) groups is 1. The summed E-state index contributed by atoms with van der Waals surface area (Å²) in [5.74, 6) is 0.221. The minimum Gasteiger partial charge on any atom is -0.355 e. The molecule has 23 heavy (non-hydrogen) atoms. The SMILES string of the molecule is CC(SCc1ccc(Br)cc1F)C(=O)NCCc1ccccc1. The van der Waals surface area contributed by atoms with Crippen LogP contribution in [-0.4, -0.2) is 17.7 Å². The number of hydrogen-bond donors (Lipinski definition) is 1. The predicted molar refractivity (Wildman–Crippen MR) is 98.0 cm³/mol. The normalized spacial score (nSPS) is 12.0. The van der Waals surface area contributed by atoms with Crippen LogP contribution in [0.5, 0.6) is 0 Å². The van der Waals surface area contributed by atoms with Gasteiger partial charge in [-0.15, -0.1) is 11.8 Å². The Morgan fingerprint density at radius 1 is 1.26 bits per heavy atom. The van der Waals surface area contributed by atoms with Crippen molar-refractivity contribution in [3.05, 3.63) is 69.9 Å². The number of amides is 1. The number of nitrogens with one attached hydrogen (secondary N) is 1. The van der Waals surface area contributed by atoms with Crippen molar-refractivity contribution in [2.24, 2.45) is 0 Å². The Kier molecular flexibility index (Phi) is 7.12. The first kappa shape index (κ1) is 18.0. The van der Waals surface area contributed by atoms with Gasteiger partial charge in [-0.1, -0.05) is 52.3 Å². The fourth-order valence-corrected chi connectivity index (χ4v) is 3.28. The molecule has 1 amide bonds. The molecule has 0 saturated carbocycles. The lowest BCUT2D eigenvalue weighted by Crippen LogP contribution is -2.32. The molecule has 2 aromatic carbocycles. The number of carbonyl (C=O) groups excluding carboxylic acids is 1. The second-order valence-corrected chi connectivity index (χ2v) is 7.46. The highest BCUT2D eigenvalue weighted by Crippen LogP contribution is 2.22. The third-order valence-corrected chi connectivity index (χ3v) is 5.11. The summed E-state index contributed by atoms with van der Waals surface area (Å²) in [5.41, 5.74) is 1.81. The lowest BCUT2D eigenvalue weighted by molar-refractivity contribution is -0.120. The quantitative estimate of drug-likeness (QED) is 0.743. The van der Waals surface area contributed by atoms with Crippen molar-refractivity contribution in [3.8, 4) is 0 Å². The van der Waals surface area contributed by atoms with Crippen LogP contribution in [-0.2, 0) is 17.0 Å². The van der Waals surface area contributed by atoms with Gasteiger partial charge in [0.15, 0.2) is 0 Å². The van der Waals surface area contributed by atoms with E-state index in [0.29, 0.717) is 17.9 Å². The topological polar surface area (TPSA) is 29.1 Å². The van der Waals surface area contributed by atoms with E-state index in [9.17, 15) is 9.18 Å². The standard InChI is InChI=1S/C18H19BrFNOS/c1-13(23-12-15-7-8-16(19)11-17(15)20)18(22)21-10-9-14-5-3-2-4-6-14/h2-8,11,13H,9-10,12H2,1H3,(H,21,22). The molecule has 122 valence electrons. The molecule has 0 fully saturated rings. The molecule has 0 radical (unpaired) electrons. The van der Waals surface area contributed by atoms with Gasteiger partial charge < -0.3 is 5.32 Å². The lowest BCUT2D eigenvalue weighted by atomic mass is 10.1. The molecule has 0 heterocycles. The molecule has 1 atom stereocenters. The first-order valence-electron chi connectivity index (χ1n) is 7.43. The van der Waals surface area contributed by atoms with Crippen LogP contribution in [0.2, 0.25) is 0 Å². The van der Waals surface area contributed by atoms with Gasteiger partial charge in [0, 0.05) is 16.8 Å². The van der Waals surface area contributed by atoms with Gasteiger partial charge in [0.1, 0.15) is 5.82 Å². The summed E-state index contributed by atoms with van der Waals surface area (Å²) in [4.78, 5) is 12.1. The average molecular weight is 396 g/mol. The molecule has 0 aliphatic heterocycles. The number of benzene rings is 2. The molecule has 0 aliphatic carbocycles. The molecule has 0 bridgehead atoms. The molecule has 0 aliphatic rings. The Labute approximate surface area is 149 Å². The maximum Gasteiger partial charge on any atom is 0.232 e. The summed E-state index contributed by atoms with van der Waals surface area (Å²) in [6.45, 7) is 2.46. The fourth-order valence-electron chi connectivity index (χ4n) is 2.05. The Bertz CT molecular complexity index is 651. The Morgan fingerprint density at radius 3 is 2.70 bits per heavy atom. The number of rotatable bonds is 7. The average Bonchev–Trinajstić information content (AvgIpc) is 2.54. The maximum absolute atomic E-state index is 13.7. The second kappa shape index (κ2) is 9.08. The number of thioether (sulfide) groups is 1. The maximum atomic E-state index is 13.7. The number of halogens is 2. The van der Waals surface area contributed by atoms with E-state index >= 15 is 0 Å². The zero-order chi connectivity index (χ0) is 16.7. The summed E-state index contributed by atoms with van der Waals surface area (Å²) in [7, 11) is 0. The van der Waals surface area contributed by atoms with Gasteiger partial charge in [0.2, 0.25) is 5.91 Å². The zero-order valence-electron chi connectivity index (χ0n) is 12.9. The first-order valence-corrected chi connectivity index (χ1v) is 9.27. The van der Waals surface area contributed by atoms with Crippen LogP contribution in [0.15, 0.2) is 53.0 Å². The van der Waals surface area contributed by atoms with E-state index in [0.717, 1.165) is 10.9 Å². The molecule has 2 aromatic rings. The van der Waals surface area contributed by atoms with Crippen LogP contribution < -0.4 is 5.32 Å². The van der Waals surface area contributed by atoms with Crippen LogP contribution >= 0.6 is 27.7 Å². The van der Waals surface area contributed by atoms with Crippen molar-refractivity contribution in [2.75, 3.05) is 6.54 Å². The molecular weight excluding hydrogens is 377 g/mol. The molecule has 1 unspecified atom stereocenters. The molecule has 2 nitrogen and oxygen atoms in total. The Morgan fingerprint density at radius 2 is 2.00 bits per heavy atom. The molecule has 0 aromatic heterocycles. The van der Waals surface area contributed by atoms with Crippen molar-refractivity contribution in [1.29, 1.82) is 0 Å². The minimum absolute atomic E-state index is 0.0107. The highest BCUT2D eigenvalue weighted by Gasteiger charge is 2.14. The minimum atomic E-state index is -0.247. The zero-order valence-corrected chi connectivity index (χ0v) is 15.3. The van der Waals surface area contributed by atoms with Crippen LogP contribution in [0.25, 0.3) is 0 Å². The van der Waals surface area contributed by atoms with E-state index in [4.69, 9.17) is 0 Å². The number of hydrogen-bond acceptors (Lipinski definition) is 2. The highest BCUT2D eigenvalue weighted by atomic mass is 79.9. The smallest absolute Gasteiger partial charge is 0.232 e. The monoisotopic (exact) mass is 395 g/mol. The van der Waals surface area contributed by atoms with Gasteiger partial charge in [-0.25, -0.2) is 4.39 Å². The lowest BCUT2D eigenvalue weighted by Gasteiger charge is -2.12. The predicted octanol–water partition coefficient (Wildman–Crippen LogP) is 4.57. The van der Waals surface area contributed by atoms with Crippen molar-refractivity contribution in [3.63, 3.8) is 0 Å². The summed E-state index contributed by atoms with van der Waals surface area (Å²) in [5, 5.41) is 2.72. The fraction of sp³-hybridized carbons (Fsp3) is 0.278. The van der Waals surface area contributed by atoms with Crippen LogP contribution in [0.1, 0.15) is 18.1 Å². The Balaban J connectivity index is 1.74. The molecular formula is C18H19BrFNOS. The van der Waals surface area contributed by atoms with Crippen LogP contribution in [0, 0.1) is 5.82 Å². The van der Waals surface area contributed by atoms with Gasteiger partial charge in [-0.3, -0.25) is 4.79 Å². The molecule has 0 spiro atoms. The first-order chi connectivity index (χ1) is 11.1. The third-order valence-electron chi connectivity index (χ3n) is 3.43. The molecule has 0 saturated heterocycles. The second-order valence-electron chi connectivity index (χ2n) is 5.22. The van der Waals surface area contributed by atoms with Crippen LogP contribution in [0.4, 0.5) is 4.39 Å². The summed E-state index contributed by atoms with van der Waals surface area (Å²) in [6.07, 6.45) is 0.811. The largest absolute Gasteiger partial charge is 0.355 e. The van der Waals surface area contributed by atoms with E-state index in [1.807, 2.05) is 43.3 Å². The van der Waals surface area contributed by atoms with Gasteiger partial charge >= 0.3 is 0 Å². The van der Waals surface area contributed by atoms with Crippen molar-refractivity contribution >= 4 is 33.6 Å². The summed E-state index contributed by atoms with van der Waals surface area (Å²) >= 11 is 4.67. The highest BCUT2D eigenvalue weighted by molar-refractivity contribution is 9.10. The third kappa shape index (κ3) is 5.99. The summed E-state index contributed by atoms with van der Waals surface area (Å²) in [6, 6.07) is 15.0. The van der Waals surface area contributed by atoms with E-state index in [2.05, 4.69) is 21.2 Å². The summed E-state index contributed by atoms with van der Waals surface area (Å²) < 4.78 is 14.5. The van der Waals surface area contributed by atoms with Crippen molar-refractivity contribution < 1.29 is 9.18 Å². The van der Waals surface area contributed by atoms with E-state index in [1.165, 1.54) is 23.4 Å². The molecule has 2 rings (SSSR count). The van der Waals surface area contributed by atoms with Gasteiger partial charge in [-0.2, -0.15) is 0 Å². The van der Waals surface area contributed by atoms with Crippen molar-refractivity contribution in [1.82, 2.24) is 5.32 Å². The molecule has 1 N–H and O–H groups in total. The van der Waals surface area contributed by atoms with Crippen molar-refractivity contribution in [2.45, 2.75) is 24.3 Å². The van der Waals surface area contributed by atoms with Gasteiger partial charge in [0.05, 0.1) is 5.25 Å². The van der Waals surface area contributed by atoms with E-state index in [1.54, 1.807) is 6.07 Å². The Hall–Kier alpha value is -1.33. The van der Waals surface area contributed by atoms with E-state index in [-0.39, 0.29) is 17.0 Å². The van der Waals surface area contributed by atoms with Crippen LogP contribution in [0.3, 0.4) is 0 Å². The van der Waals surface area contributed by atoms with Gasteiger partial charge in [-0.05, 0) is 36.6 Å². The van der Waals surface area contributed by atoms with E-state index < -0.39 is 0 Å². The van der Waals surface area contributed by atoms with Gasteiger partial charge in [0.25, 0.3) is 0 Å².